The standard InChI is InChI=1S/C15H23N.C10H8/c1-2-3-4-5-6-10-14-12-13-9-7-8-11-15(13)16-14;1-2-6-10-8-4-3-7-9(10)5-1/h7-9,11,14,16H,2-6,10,12H2,1H3;1-8H. The van der Waals surface area contributed by atoms with Crippen molar-refractivity contribution in [3.63, 3.8) is 0 Å². The summed E-state index contributed by atoms with van der Waals surface area (Å²) in [7, 11) is 0. The Balaban J connectivity index is 0.000000167. The van der Waals surface area contributed by atoms with Gasteiger partial charge >= 0.3 is 0 Å². The molecule has 0 bridgehead atoms. The predicted molar refractivity (Wildman–Crippen MR) is 115 cm³/mol. The van der Waals surface area contributed by atoms with E-state index >= 15 is 0 Å². The molecule has 0 saturated heterocycles. The van der Waals surface area contributed by atoms with Gasteiger partial charge in [-0.1, -0.05) is 106 Å². The van der Waals surface area contributed by atoms with Gasteiger partial charge in [0.2, 0.25) is 0 Å². The van der Waals surface area contributed by atoms with Crippen molar-refractivity contribution < 1.29 is 0 Å². The average molecular weight is 346 g/mol. The Hall–Kier alpha value is -2.28. The molecular weight excluding hydrogens is 314 g/mol. The smallest absolute Gasteiger partial charge is 0.0375 e. The third-order valence-corrected chi connectivity index (χ3v) is 5.16. The molecule has 0 aromatic heterocycles. The lowest BCUT2D eigenvalue weighted by Crippen LogP contribution is -2.14. The van der Waals surface area contributed by atoms with Gasteiger partial charge in [-0.15, -0.1) is 0 Å². The third kappa shape index (κ3) is 5.36. The second kappa shape index (κ2) is 10.0. The summed E-state index contributed by atoms with van der Waals surface area (Å²) in [4.78, 5) is 0. The number of benzene rings is 3. The fourth-order valence-electron chi connectivity index (χ4n) is 3.68. The molecule has 1 heterocycles. The Morgan fingerprint density at radius 3 is 1.92 bits per heavy atom. The van der Waals surface area contributed by atoms with Crippen LogP contribution in [0.1, 0.15) is 51.0 Å². The third-order valence-electron chi connectivity index (χ3n) is 5.16. The highest BCUT2D eigenvalue weighted by Gasteiger charge is 2.18. The van der Waals surface area contributed by atoms with Crippen LogP contribution in [-0.2, 0) is 6.42 Å². The lowest BCUT2D eigenvalue weighted by atomic mass is 10.0. The highest BCUT2D eigenvalue weighted by atomic mass is 14.9. The zero-order valence-electron chi connectivity index (χ0n) is 16.0. The normalized spacial score (nSPS) is 15.0. The van der Waals surface area contributed by atoms with E-state index in [1.165, 1.54) is 67.0 Å². The SMILES string of the molecule is CCCCCCCC1Cc2ccccc2N1.c1ccc2ccccc2c1. The number of hydrogen-bond donors (Lipinski definition) is 1. The summed E-state index contributed by atoms with van der Waals surface area (Å²) in [5.74, 6) is 0. The Bertz CT molecular complexity index is 702. The first-order valence-electron chi connectivity index (χ1n) is 10.1. The van der Waals surface area contributed by atoms with E-state index in [0.29, 0.717) is 6.04 Å². The molecule has 1 atom stereocenters. The average Bonchev–Trinajstić information content (AvgIpc) is 3.11. The number of para-hydroxylation sites is 1. The van der Waals surface area contributed by atoms with Crippen molar-refractivity contribution in [2.75, 3.05) is 5.32 Å². The van der Waals surface area contributed by atoms with Crippen LogP contribution in [-0.4, -0.2) is 6.04 Å². The lowest BCUT2D eigenvalue weighted by molar-refractivity contribution is 0.568. The molecule has 1 heteroatoms. The van der Waals surface area contributed by atoms with Crippen molar-refractivity contribution in [2.24, 2.45) is 0 Å². The molecule has 1 nitrogen and oxygen atoms in total. The summed E-state index contributed by atoms with van der Waals surface area (Å²) in [6.07, 6.45) is 9.50. The first-order chi connectivity index (χ1) is 12.9. The lowest BCUT2D eigenvalue weighted by Gasteiger charge is -2.10. The summed E-state index contributed by atoms with van der Waals surface area (Å²) in [5.41, 5.74) is 2.86. The fourth-order valence-corrected chi connectivity index (χ4v) is 3.68. The summed E-state index contributed by atoms with van der Waals surface area (Å²) >= 11 is 0. The van der Waals surface area contributed by atoms with Gasteiger partial charge in [0.15, 0.2) is 0 Å². The molecule has 1 aliphatic heterocycles. The van der Waals surface area contributed by atoms with Gasteiger partial charge in [0.25, 0.3) is 0 Å². The van der Waals surface area contributed by atoms with E-state index < -0.39 is 0 Å². The fraction of sp³-hybridized carbons (Fsp3) is 0.360. The highest BCUT2D eigenvalue weighted by molar-refractivity contribution is 5.82. The zero-order chi connectivity index (χ0) is 18.0. The topological polar surface area (TPSA) is 12.0 Å². The van der Waals surface area contributed by atoms with Crippen LogP contribution in [0.5, 0.6) is 0 Å². The molecule has 4 rings (SSSR count). The maximum Gasteiger partial charge on any atom is 0.0375 e. The molecule has 0 amide bonds. The molecule has 1 unspecified atom stereocenters. The van der Waals surface area contributed by atoms with E-state index in [4.69, 9.17) is 0 Å². The maximum atomic E-state index is 3.63. The highest BCUT2D eigenvalue weighted by Crippen LogP contribution is 2.27. The first-order valence-corrected chi connectivity index (χ1v) is 10.1. The minimum atomic E-state index is 0.694. The van der Waals surface area contributed by atoms with E-state index in [-0.39, 0.29) is 0 Å². The summed E-state index contributed by atoms with van der Waals surface area (Å²) in [6, 6.07) is 26.1. The maximum absolute atomic E-state index is 3.63. The van der Waals surface area contributed by atoms with Crippen molar-refractivity contribution in [3.05, 3.63) is 78.4 Å². The Morgan fingerprint density at radius 1 is 0.731 bits per heavy atom. The van der Waals surface area contributed by atoms with Gasteiger partial charge in [0.05, 0.1) is 0 Å². The Kier molecular flexibility index (Phi) is 7.13. The molecule has 3 aromatic carbocycles. The van der Waals surface area contributed by atoms with Crippen LogP contribution in [0.25, 0.3) is 10.8 Å². The number of unbranched alkanes of at least 4 members (excludes halogenated alkanes) is 4. The van der Waals surface area contributed by atoms with Crippen molar-refractivity contribution in [1.29, 1.82) is 0 Å². The van der Waals surface area contributed by atoms with E-state index in [1.807, 2.05) is 0 Å². The molecule has 3 aromatic rings. The largest absolute Gasteiger partial charge is 0.382 e. The quantitative estimate of drug-likeness (QED) is 0.465. The molecule has 1 aliphatic rings. The second-order valence-corrected chi connectivity index (χ2v) is 7.25. The van der Waals surface area contributed by atoms with Gasteiger partial charge in [-0.25, -0.2) is 0 Å². The first kappa shape index (κ1) is 18.5. The van der Waals surface area contributed by atoms with Gasteiger partial charge in [-0.2, -0.15) is 0 Å². The molecule has 0 radical (unpaired) electrons. The van der Waals surface area contributed by atoms with Gasteiger partial charge in [-0.05, 0) is 35.2 Å². The van der Waals surface area contributed by atoms with Gasteiger partial charge in [0, 0.05) is 11.7 Å². The minimum absolute atomic E-state index is 0.694. The summed E-state index contributed by atoms with van der Waals surface area (Å²) in [5, 5.41) is 6.25. The van der Waals surface area contributed by atoms with Crippen LogP contribution >= 0.6 is 0 Å². The van der Waals surface area contributed by atoms with Crippen molar-refractivity contribution in [3.8, 4) is 0 Å². The molecule has 136 valence electrons. The second-order valence-electron chi connectivity index (χ2n) is 7.25. The van der Waals surface area contributed by atoms with Crippen LogP contribution in [0.3, 0.4) is 0 Å². The number of fused-ring (bicyclic) bond motifs is 2. The van der Waals surface area contributed by atoms with Crippen molar-refractivity contribution in [2.45, 2.75) is 57.9 Å². The summed E-state index contributed by atoms with van der Waals surface area (Å²) in [6.45, 7) is 2.27. The molecule has 1 N–H and O–H groups in total. The monoisotopic (exact) mass is 345 g/mol. The van der Waals surface area contributed by atoms with E-state index in [9.17, 15) is 0 Å². The van der Waals surface area contributed by atoms with E-state index in [2.05, 4.69) is 85.0 Å². The van der Waals surface area contributed by atoms with Gasteiger partial charge in [0.1, 0.15) is 0 Å². The van der Waals surface area contributed by atoms with Crippen LogP contribution in [0.2, 0.25) is 0 Å². The van der Waals surface area contributed by atoms with Crippen molar-refractivity contribution in [1.82, 2.24) is 0 Å². The number of nitrogens with one attached hydrogen (secondary N) is 1. The molecule has 26 heavy (non-hydrogen) atoms. The molecule has 0 fully saturated rings. The van der Waals surface area contributed by atoms with E-state index in [0.717, 1.165) is 0 Å². The minimum Gasteiger partial charge on any atom is -0.382 e. The molecule has 0 aliphatic carbocycles. The molecule has 0 spiro atoms. The predicted octanol–water partition coefficient (Wildman–Crippen LogP) is 7.22. The van der Waals surface area contributed by atoms with Crippen LogP contribution in [0.4, 0.5) is 5.69 Å². The van der Waals surface area contributed by atoms with Crippen LogP contribution < -0.4 is 5.32 Å². The Morgan fingerprint density at radius 2 is 1.31 bits per heavy atom. The Labute approximate surface area is 158 Å². The summed E-state index contributed by atoms with van der Waals surface area (Å²) < 4.78 is 0. The van der Waals surface area contributed by atoms with E-state index in [1.54, 1.807) is 0 Å². The van der Waals surface area contributed by atoms with Gasteiger partial charge in [-0.3, -0.25) is 0 Å². The molecule has 0 saturated carbocycles. The number of rotatable bonds is 6. The number of hydrogen-bond acceptors (Lipinski definition) is 1. The zero-order valence-corrected chi connectivity index (χ0v) is 16.0. The van der Waals surface area contributed by atoms with Gasteiger partial charge < -0.3 is 5.32 Å². The number of anilines is 1. The van der Waals surface area contributed by atoms with Crippen LogP contribution in [0, 0.1) is 0 Å². The van der Waals surface area contributed by atoms with Crippen molar-refractivity contribution >= 4 is 16.5 Å². The van der Waals surface area contributed by atoms with Crippen LogP contribution in [0.15, 0.2) is 72.8 Å². The molecular formula is C25H31N.